The molecule has 0 aliphatic rings. The Kier molecular flexibility index (Phi) is 3.79. The Morgan fingerprint density at radius 3 is 2.46 bits per heavy atom. The van der Waals surface area contributed by atoms with Crippen LogP contribution >= 0.6 is 15.9 Å². The normalized spacial score (nSPS) is 10.5. The van der Waals surface area contributed by atoms with Crippen LogP contribution < -0.4 is 11.3 Å². The van der Waals surface area contributed by atoms with Gasteiger partial charge in [0, 0.05) is 27.7 Å². The molecule has 0 atom stereocenters. The topological polar surface area (TPSA) is 115 Å². The first-order valence-corrected chi connectivity index (χ1v) is 7.52. The van der Waals surface area contributed by atoms with Crippen LogP contribution in [0.4, 0.5) is 11.4 Å². The van der Waals surface area contributed by atoms with Crippen molar-refractivity contribution in [3.63, 3.8) is 0 Å². The summed E-state index contributed by atoms with van der Waals surface area (Å²) in [7, 11) is 0. The van der Waals surface area contributed by atoms with Gasteiger partial charge in [-0.25, -0.2) is 0 Å². The van der Waals surface area contributed by atoms with Crippen LogP contribution in [0.2, 0.25) is 0 Å². The molecule has 118 valence electrons. The smallest absolute Gasteiger partial charge is 0.275 e. The van der Waals surface area contributed by atoms with Gasteiger partial charge in [-0.1, -0.05) is 15.9 Å². The molecule has 3 aromatic rings. The maximum absolute atomic E-state index is 12.7. The summed E-state index contributed by atoms with van der Waals surface area (Å²) in [6.07, 6.45) is 0. The van der Waals surface area contributed by atoms with E-state index in [1.807, 2.05) is 6.07 Å². The highest BCUT2D eigenvalue weighted by Gasteiger charge is 2.16. The maximum Gasteiger partial charge on any atom is 0.275 e. The lowest BCUT2D eigenvalue weighted by molar-refractivity contribution is -0.384. The fourth-order valence-electron chi connectivity index (χ4n) is 2.48. The average Bonchev–Trinajstić information content (AvgIpc) is 2.56. The lowest BCUT2D eigenvalue weighted by Crippen LogP contribution is -2.23. The molecule has 0 aliphatic carbocycles. The Labute approximate surface area is 143 Å². The van der Waals surface area contributed by atoms with E-state index in [0.29, 0.717) is 16.6 Å². The zero-order chi connectivity index (χ0) is 17.4. The van der Waals surface area contributed by atoms with Gasteiger partial charge in [-0.2, -0.15) is 5.26 Å². The highest BCUT2D eigenvalue weighted by Crippen LogP contribution is 2.28. The first-order valence-electron chi connectivity index (χ1n) is 6.72. The summed E-state index contributed by atoms with van der Waals surface area (Å²) in [6.45, 7) is 0. The predicted molar refractivity (Wildman–Crippen MR) is 93.0 cm³/mol. The minimum atomic E-state index is -0.571. The van der Waals surface area contributed by atoms with Gasteiger partial charge in [0.2, 0.25) is 0 Å². The first kappa shape index (κ1) is 15.7. The molecule has 0 saturated carbocycles. The average molecular weight is 385 g/mol. The second-order valence-electron chi connectivity index (χ2n) is 4.98. The maximum atomic E-state index is 12.7. The van der Waals surface area contributed by atoms with Gasteiger partial charge in [0.25, 0.3) is 11.2 Å². The number of nitrogens with two attached hydrogens (primary N) is 1. The predicted octanol–water partition coefficient (Wildman–Crippen LogP) is 3.12. The first-order chi connectivity index (χ1) is 11.4. The molecule has 0 fully saturated rings. The molecule has 1 heterocycles. The zero-order valence-corrected chi connectivity index (χ0v) is 13.6. The van der Waals surface area contributed by atoms with Crippen LogP contribution in [0.25, 0.3) is 16.6 Å². The molecule has 0 radical (unpaired) electrons. The Hall–Kier alpha value is -3.18. The minimum absolute atomic E-state index is 0.0881. The molecule has 7 nitrogen and oxygen atoms in total. The summed E-state index contributed by atoms with van der Waals surface area (Å²) >= 11 is 3.34. The molecule has 1 aromatic heterocycles. The Bertz CT molecular complexity index is 1080. The second-order valence-corrected chi connectivity index (χ2v) is 5.89. The molecule has 0 saturated heterocycles. The number of hydrogen-bond acceptors (Lipinski definition) is 5. The molecule has 2 N–H and O–H groups in total. The SMILES string of the molecule is N#Cc1c(N)c2cc(Br)ccc2n(-c2ccc([N+](=O)[O-])cc2)c1=O. The number of halogens is 1. The number of anilines is 1. The van der Waals surface area contributed by atoms with Gasteiger partial charge >= 0.3 is 0 Å². The Morgan fingerprint density at radius 1 is 1.21 bits per heavy atom. The van der Waals surface area contributed by atoms with Crippen molar-refractivity contribution in [3.05, 3.63) is 73.0 Å². The monoisotopic (exact) mass is 384 g/mol. The molecule has 0 amide bonds. The van der Waals surface area contributed by atoms with Gasteiger partial charge in [-0.05, 0) is 30.3 Å². The van der Waals surface area contributed by atoms with Crippen molar-refractivity contribution < 1.29 is 4.92 Å². The third-order valence-corrected chi connectivity index (χ3v) is 4.10. The summed E-state index contributed by atoms with van der Waals surface area (Å²) in [6, 6.07) is 12.5. The van der Waals surface area contributed by atoms with Gasteiger partial charge in [-0.3, -0.25) is 19.5 Å². The van der Waals surface area contributed by atoms with E-state index in [-0.39, 0.29) is 16.9 Å². The standard InChI is InChI=1S/C16H9BrN4O3/c17-9-1-6-14-12(7-9)15(19)13(8-18)16(22)20(14)10-2-4-11(5-3-10)21(23)24/h1-7H,19H2. The number of aromatic nitrogens is 1. The number of pyridine rings is 1. The van der Waals surface area contributed by atoms with E-state index in [4.69, 9.17) is 5.73 Å². The summed E-state index contributed by atoms with van der Waals surface area (Å²) in [5.74, 6) is 0. The van der Waals surface area contributed by atoms with Crippen molar-refractivity contribution in [1.82, 2.24) is 4.57 Å². The molecule has 8 heteroatoms. The number of nitrogen functional groups attached to an aromatic ring is 1. The number of nitro benzene ring substituents is 1. The van der Waals surface area contributed by atoms with E-state index in [1.165, 1.54) is 28.8 Å². The van der Waals surface area contributed by atoms with Crippen molar-refractivity contribution in [1.29, 1.82) is 5.26 Å². The van der Waals surface area contributed by atoms with Crippen LogP contribution in [0.5, 0.6) is 0 Å². The molecule has 0 aliphatic heterocycles. The third-order valence-electron chi connectivity index (χ3n) is 3.61. The molecule has 3 rings (SSSR count). The van der Waals surface area contributed by atoms with E-state index >= 15 is 0 Å². The zero-order valence-electron chi connectivity index (χ0n) is 12.1. The van der Waals surface area contributed by atoms with Crippen LogP contribution in [0.1, 0.15) is 5.56 Å². The van der Waals surface area contributed by atoms with Crippen molar-refractivity contribution in [2.45, 2.75) is 0 Å². The Morgan fingerprint density at radius 2 is 1.88 bits per heavy atom. The van der Waals surface area contributed by atoms with Gasteiger partial charge in [0.1, 0.15) is 11.6 Å². The van der Waals surface area contributed by atoms with Gasteiger partial charge < -0.3 is 5.73 Å². The van der Waals surface area contributed by atoms with E-state index < -0.39 is 10.5 Å². The highest BCUT2D eigenvalue weighted by atomic mass is 79.9. The number of nitrogens with zero attached hydrogens (tertiary/aromatic N) is 3. The number of nitriles is 1. The van der Waals surface area contributed by atoms with Crippen LogP contribution in [-0.4, -0.2) is 9.49 Å². The minimum Gasteiger partial charge on any atom is -0.397 e. The van der Waals surface area contributed by atoms with E-state index in [0.717, 1.165) is 4.47 Å². The van der Waals surface area contributed by atoms with Crippen molar-refractivity contribution in [2.75, 3.05) is 5.73 Å². The molecule has 0 unspecified atom stereocenters. The van der Waals surface area contributed by atoms with Crippen LogP contribution in [-0.2, 0) is 0 Å². The van der Waals surface area contributed by atoms with Crippen molar-refractivity contribution in [3.8, 4) is 11.8 Å². The fraction of sp³-hybridized carbons (Fsp3) is 0. The summed E-state index contributed by atoms with van der Waals surface area (Å²) < 4.78 is 2.07. The van der Waals surface area contributed by atoms with Crippen molar-refractivity contribution in [2.24, 2.45) is 0 Å². The summed E-state index contributed by atoms with van der Waals surface area (Å²) in [4.78, 5) is 22.9. The lowest BCUT2D eigenvalue weighted by Gasteiger charge is -2.13. The van der Waals surface area contributed by atoms with Crippen LogP contribution in [0, 0.1) is 21.4 Å². The summed E-state index contributed by atoms with van der Waals surface area (Å²) in [5, 5.41) is 20.6. The molecular weight excluding hydrogens is 376 g/mol. The molecule has 2 aromatic carbocycles. The van der Waals surface area contributed by atoms with Crippen LogP contribution in [0.3, 0.4) is 0 Å². The number of hydrogen-bond donors (Lipinski definition) is 1. The number of non-ortho nitro benzene ring substituents is 1. The quantitative estimate of drug-likeness (QED) is 0.538. The van der Waals surface area contributed by atoms with Crippen molar-refractivity contribution >= 4 is 38.2 Å². The number of fused-ring (bicyclic) bond motifs is 1. The van der Waals surface area contributed by atoms with E-state index in [1.54, 1.807) is 18.2 Å². The highest BCUT2D eigenvalue weighted by molar-refractivity contribution is 9.10. The van der Waals surface area contributed by atoms with Crippen LogP contribution in [0.15, 0.2) is 51.7 Å². The van der Waals surface area contributed by atoms with Gasteiger partial charge in [-0.15, -0.1) is 0 Å². The largest absolute Gasteiger partial charge is 0.397 e. The molecule has 0 spiro atoms. The third kappa shape index (κ3) is 2.41. The second kappa shape index (κ2) is 5.79. The number of rotatable bonds is 2. The summed E-state index contributed by atoms with van der Waals surface area (Å²) in [5.41, 5.74) is 6.17. The molecular formula is C16H9BrN4O3. The molecule has 24 heavy (non-hydrogen) atoms. The molecule has 0 bridgehead atoms. The number of benzene rings is 2. The fourth-order valence-corrected chi connectivity index (χ4v) is 2.84. The van der Waals surface area contributed by atoms with Gasteiger partial charge in [0.15, 0.2) is 0 Å². The Balaban J connectivity index is 2.41. The van der Waals surface area contributed by atoms with Gasteiger partial charge in [0.05, 0.1) is 16.1 Å². The van der Waals surface area contributed by atoms with E-state index in [2.05, 4.69) is 15.9 Å². The van der Waals surface area contributed by atoms with E-state index in [9.17, 15) is 20.2 Å². The lowest BCUT2D eigenvalue weighted by atomic mass is 10.1. The number of nitro groups is 1.